The summed E-state index contributed by atoms with van der Waals surface area (Å²) in [4.78, 5) is 14.8. The molecular weight excluding hydrogens is 434 g/mol. The third kappa shape index (κ3) is 6.48. The number of carbonyl (C=O) groups is 1. The molecule has 1 aliphatic carbocycles. The van der Waals surface area contributed by atoms with Gasteiger partial charge in [-0.1, -0.05) is 85.4 Å². The van der Waals surface area contributed by atoms with Gasteiger partial charge in [-0.05, 0) is 59.6 Å². The van der Waals surface area contributed by atoms with Crippen molar-refractivity contribution in [1.82, 2.24) is 0 Å². The Morgan fingerprint density at radius 2 is 1.68 bits per heavy atom. The van der Waals surface area contributed by atoms with Crippen LogP contribution < -0.4 is 4.90 Å². The van der Waals surface area contributed by atoms with Gasteiger partial charge in [-0.25, -0.2) is 0 Å². The van der Waals surface area contributed by atoms with E-state index in [1.807, 2.05) is 12.2 Å². The predicted molar refractivity (Wildman–Crippen MR) is 150 cm³/mol. The van der Waals surface area contributed by atoms with Crippen LogP contribution >= 0.6 is 11.8 Å². The number of allylic oxidation sites excluding steroid dienone is 4. The maximum absolute atomic E-state index is 11.7. The second kappa shape index (κ2) is 11.0. The van der Waals surface area contributed by atoms with Crippen molar-refractivity contribution in [2.24, 2.45) is 5.41 Å². The van der Waals surface area contributed by atoms with Crippen LogP contribution in [0.4, 0.5) is 5.69 Å². The van der Waals surface area contributed by atoms with Crippen LogP contribution in [0.25, 0.3) is 0 Å². The van der Waals surface area contributed by atoms with E-state index < -0.39 is 5.54 Å². The third-order valence-electron chi connectivity index (χ3n) is 6.69. The summed E-state index contributed by atoms with van der Waals surface area (Å²) in [6.07, 6.45) is 7.69. The fraction of sp³-hybridized carbons (Fsp3) is 0.516. The SMILES string of the molecule is C=C[C@](C)(C(C)S/C(C=O)=C\CC)N(C1=C=C=C(C(C)(C)C)CC1)c1ccc(C(C)(C)C)cc1. The van der Waals surface area contributed by atoms with Crippen molar-refractivity contribution in [2.45, 2.75) is 97.8 Å². The highest BCUT2D eigenvalue weighted by molar-refractivity contribution is 8.04. The van der Waals surface area contributed by atoms with E-state index in [1.165, 1.54) is 11.1 Å². The molecule has 2 nitrogen and oxygen atoms in total. The number of carbonyl (C=O) groups excluding carboxylic acids is 1. The van der Waals surface area contributed by atoms with E-state index in [-0.39, 0.29) is 16.1 Å². The van der Waals surface area contributed by atoms with Crippen LogP contribution in [0, 0.1) is 5.41 Å². The highest BCUT2D eigenvalue weighted by Gasteiger charge is 2.38. The summed E-state index contributed by atoms with van der Waals surface area (Å²) in [7, 11) is 0. The topological polar surface area (TPSA) is 20.3 Å². The zero-order chi connectivity index (χ0) is 25.7. The lowest BCUT2D eigenvalue weighted by Crippen LogP contribution is -2.51. The van der Waals surface area contributed by atoms with Crippen LogP contribution in [0.5, 0.6) is 0 Å². The van der Waals surface area contributed by atoms with E-state index in [1.54, 1.807) is 11.8 Å². The van der Waals surface area contributed by atoms with Gasteiger partial charge < -0.3 is 4.90 Å². The van der Waals surface area contributed by atoms with E-state index >= 15 is 0 Å². The maximum Gasteiger partial charge on any atom is 0.156 e. The number of aldehydes is 1. The van der Waals surface area contributed by atoms with Crippen LogP contribution in [0.1, 0.15) is 87.1 Å². The Kier molecular flexibility index (Phi) is 9.11. The molecule has 0 bridgehead atoms. The summed E-state index contributed by atoms with van der Waals surface area (Å²) in [6.45, 7) is 24.1. The summed E-state index contributed by atoms with van der Waals surface area (Å²) < 4.78 is 0. The van der Waals surface area contributed by atoms with Crippen LogP contribution in [0.3, 0.4) is 0 Å². The molecule has 0 fully saturated rings. The molecule has 3 heteroatoms. The van der Waals surface area contributed by atoms with Gasteiger partial charge in [0.05, 0.1) is 11.2 Å². The molecular formula is C31H43NOS. The second-order valence-electron chi connectivity index (χ2n) is 11.4. The van der Waals surface area contributed by atoms with Gasteiger partial charge in [0.15, 0.2) is 6.29 Å². The van der Waals surface area contributed by atoms with Crippen molar-refractivity contribution >= 4 is 23.7 Å². The minimum absolute atomic E-state index is 0.0811. The molecule has 0 amide bonds. The molecule has 2 rings (SSSR count). The number of hydrogen-bond donors (Lipinski definition) is 0. The minimum atomic E-state index is -0.437. The predicted octanol–water partition coefficient (Wildman–Crippen LogP) is 8.75. The van der Waals surface area contributed by atoms with Crippen molar-refractivity contribution in [3.05, 3.63) is 76.2 Å². The average Bonchev–Trinajstić information content (AvgIpc) is 2.78. The normalized spacial score (nSPS) is 17.4. The zero-order valence-corrected chi connectivity index (χ0v) is 23.5. The lowest BCUT2D eigenvalue weighted by molar-refractivity contribution is -0.104. The monoisotopic (exact) mass is 477 g/mol. The maximum atomic E-state index is 11.7. The Hall–Kier alpha value is -2.18. The molecule has 2 atom stereocenters. The van der Waals surface area contributed by atoms with E-state index in [0.717, 1.165) is 41.8 Å². The van der Waals surface area contributed by atoms with Gasteiger partial charge in [-0.3, -0.25) is 4.79 Å². The van der Waals surface area contributed by atoms with E-state index in [4.69, 9.17) is 0 Å². The fourth-order valence-electron chi connectivity index (χ4n) is 4.17. The first-order valence-corrected chi connectivity index (χ1v) is 13.3. The summed E-state index contributed by atoms with van der Waals surface area (Å²) in [5, 5.41) is 0.0811. The van der Waals surface area contributed by atoms with Crippen LogP contribution in [-0.4, -0.2) is 17.1 Å². The van der Waals surface area contributed by atoms with Crippen molar-refractivity contribution in [3.63, 3.8) is 0 Å². The molecule has 1 aliphatic rings. The standard InChI is InChI=1S/C31H43NOS/c1-11-13-28(22-33)34-23(3)31(10,12-2)32(26-18-14-24(15-19-26)29(4,5)6)27-20-16-25(17-21-27)30(7,8)9/h12-15,18-19,22-23H,2,11,16,20H2,1,3-10H3/b28-13-/t23?,31-/m1/s1. The van der Waals surface area contributed by atoms with Gasteiger partial charge in [0.2, 0.25) is 0 Å². The van der Waals surface area contributed by atoms with Crippen LogP contribution in [0.2, 0.25) is 0 Å². The van der Waals surface area contributed by atoms with Crippen LogP contribution in [0.15, 0.2) is 70.6 Å². The van der Waals surface area contributed by atoms with E-state index in [0.29, 0.717) is 0 Å². The molecule has 0 saturated carbocycles. The lowest BCUT2D eigenvalue weighted by atomic mass is 9.82. The Morgan fingerprint density at radius 1 is 1.06 bits per heavy atom. The number of hydrogen-bond acceptors (Lipinski definition) is 3. The molecule has 0 N–H and O–H groups in total. The number of nitrogens with zero attached hydrogens (tertiary/aromatic N) is 1. The smallest absolute Gasteiger partial charge is 0.156 e. The number of rotatable bonds is 9. The molecule has 1 aromatic rings. The molecule has 0 radical (unpaired) electrons. The molecule has 0 heterocycles. The van der Waals surface area contributed by atoms with Gasteiger partial charge >= 0.3 is 0 Å². The number of thioether (sulfide) groups is 1. The molecule has 0 spiro atoms. The Labute approximate surface area is 212 Å². The second-order valence-corrected chi connectivity index (χ2v) is 12.8. The van der Waals surface area contributed by atoms with Gasteiger partial charge in [0.1, 0.15) is 0 Å². The Balaban J connectivity index is 2.68. The Bertz CT molecular complexity index is 1020. The largest absolute Gasteiger partial charge is 0.327 e. The van der Waals surface area contributed by atoms with Crippen molar-refractivity contribution in [1.29, 1.82) is 0 Å². The molecule has 1 unspecified atom stereocenters. The van der Waals surface area contributed by atoms with E-state index in [2.05, 4.69) is 110 Å². The fourth-order valence-corrected chi connectivity index (χ4v) is 5.34. The van der Waals surface area contributed by atoms with Crippen molar-refractivity contribution in [2.75, 3.05) is 4.90 Å². The molecule has 1 aromatic carbocycles. The van der Waals surface area contributed by atoms with E-state index in [9.17, 15) is 4.79 Å². The first-order chi connectivity index (χ1) is 15.8. The van der Waals surface area contributed by atoms with Crippen molar-refractivity contribution in [3.8, 4) is 0 Å². The van der Waals surface area contributed by atoms with Gasteiger partial charge in [0.25, 0.3) is 0 Å². The first-order valence-electron chi connectivity index (χ1n) is 12.4. The highest BCUT2D eigenvalue weighted by atomic mass is 32.2. The summed E-state index contributed by atoms with van der Waals surface area (Å²) in [5.41, 5.74) is 11.6. The van der Waals surface area contributed by atoms with Crippen molar-refractivity contribution < 1.29 is 4.79 Å². The average molecular weight is 478 g/mol. The van der Waals surface area contributed by atoms with Gasteiger partial charge in [0, 0.05) is 22.3 Å². The van der Waals surface area contributed by atoms with Crippen LogP contribution in [-0.2, 0) is 10.2 Å². The molecule has 34 heavy (non-hydrogen) atoms. The number of benzene rings is 1. The zero-order valence-electron chi connectivity index (χ0n) is 22.7. The lowest BCUT2D eigenvalue weighted by Gasteiger charge is -2.45. The molecule has 0 saturated heterocycles. The summed E-state index contributed by atoms with van der Waals surface area (Å²) in [6, 6.07) is 8.86. The van der Waals surface area contributed by atoms with Gasteiger partial charge in [-0.15, -0.1) is 18.3 Å². The molecule has 184 valence electrons. The molecule has 0 aliphatic heterocycles. The minimum Gasteiger partial charge on any atom is -0.327 e. The molecule has 0 aromatic heterocycles. The highest BCUT2D eigenvalue weighted by Crippen LogP contribution is 2.42. The first kappa shape index (κ1) is 28.1. The van der Waals surface area contributed by atoms with Gasteiger partial charge in [-0.2, -0.15) is 0 Å². The summed E-state index contributed by atoms with van der Waals surface area (Å²) in [5.74, 6) is 0. The summed E-state index contributed by atoms with van der Waals surface area (Å²) >= 11 is 1.61. The third-order valence-corrected chi connectivity index (χ3v) is 8.05. The Morgan fingerprint density at radius 3 is 2.09 bits per heavy atom. The number of anilines is 1. The quantitative estimate of drug-likeness (QED) is 0.153.